The molecular weight excluding hydrogens is 260 g/mol. The first-order chi connectivity index (χ1) is 7.11. The van der Waals surface area contributed by atoms with E-state index in [2.05, 4.69) is 15.9 Å². The highest BCUT2D eigenvalue weighted by atomic mass is 79.9. The van der Waals surface area contributed by atoms with Crippen molar-refractivity contribution < 1.29 is 14.3 Å². The van der Waals surface area contributed by atoms with Crippen LogP contribution in [0.25, 0.3) is 0 Å². The Morgan fingerprint density at radius 3 is 2.67 bits per heavy atom. The molecule has 0 unspecified atom stereocenters. The zero-order chi connectivity index (χ0) is 11.4. The summed E-state index contributed by atoms with van der Waals surface area (Å²) in [4.78, 5) is 22.3. The highest BCUT2D eigenvalue weighted by Crippen LogP contribution is 2.28. The molecule has 0 N–H and O–H groups in total. The van der Waals surface area contributed by atoms with Crippen molar-refractivity contribution in [3.63, 3.8) is 0 Å². The molecule has 0 aliphatic carbocycles. The van der Waals surface area contributed by atoms with E-state index in [0.29, 0.717) is 34.2 Å². The van der Waals surface area contributed by atoms with Gasteiger partial charge in [0.25, 0.3) is 0 Å². The standard InChI is InChI=1S/C11H11BrO3/c1-3-15-10-5-4-9(12)11(7(2)14)8(10)6-13/h4-6H,3H2,1-2H3. The van der Waals surface area contributed by atoms with E-state index in [1.54, 1.807) is 12.1 Å². The van der Waals surface area contributed by atoms with Gasteiger partial charge in [0.1, 0.15) is 5.75 Å². The maximum atomic E-state index is 11.4. The Morgan fingerprint density at radius 2 is 2.20 bits per heavy atom. The van der Waals surface area contributed by atoms with Crippen LogP contribution in [0.3, 0.4) is 0 Å². The molecule has 0 heterocycles. The Bertz CT molecular complexity index is 399. The van der Waals surface area contributed by atoms with Crippen LogP contribution in [0.2, 0.25) is 0 Å². The number of carbonyl (C=O) groups is 2. The van der Waals surface area contributed by atoms with Gasteiger partial charge in [0.05, 0.1) is 12.2 Å². The number of carbonyl (C=O) groups excluding carboxylic acids is 2. The minimum atomic E-state index is -0.162. The maximum Gasteiger partial charge on any atom is 0.161 e. The van der Waals surface area contributed by atoms with Gasteiger partial charge < -0.3 is 4.74 Å². The maximum absolute atomic E-state index is 11.4. The molecule has 0 atom stereocenters. The van der Waals surface area contributed by atoms with Crippen molar-refractivity contribution >= 4 is 28.0 Å². The van der Waals surface area contributed by atoms with Gasteiger partial charge in [-0.15, -0.1) is 0 Å². The summed E-state index contributed by atoms with van der Waals surface area (Å²) in [5.74, 6) is 0.284. The molecule has 1 aromatic rings. The van der Waals surface area contributed by atoms with Crippen LogP contribution in [0.4, 0.5) is 0 Å². The Labute approximate surface area is 96.6 Å². The summed E-state index contributed by atoms with van der Waals surface area (Å²) < 4.78 is 5.88. The van der Waals surface area contributed by atoms with Gasteiger partial charge in [0, 0.05) is 10.0 Å². The number of hydrogen-bond acceptors (Lipinski definition) is 3. The summed E-state index contributed by atoms with van der Waals surface area (Å²) in [6.07, 6.45) is 0.645. The van der Waals surface area contributed by atoms with Crippen molar-refractivity contribution in [1.82, 2.24) is 0 Å². The Hall–Kier alpha value is -1.16. The van der Waals surface area contributed by atoms with Crippen molar-refractivity contribution in [3.8, 4) is 5.75 Å². The van der Waals surface area contributed by atoms with Crippen LogP contribution in [0.15, 0.2) is 16.6 Å². The fraction of sp³-hybridized carbons (Fsp3) is 0.273. The molecule has 3 nitrogen and oxygen atoms in total. The number of benzene rings is 1. The van der Waals surface area contributed by atoms with Crippen LogP contribution in [-0.2, 0) is 0 Å². The SMILES string of the molecule is CCOc1ccc(Br)c(C(C)=O)c1C=O. The lowest BCUT2D eigenvalue weighted by Gasteiger charge is -2.10. The molecule has 1 aromatic carbocycles. The Morgan fingerprint density at radius 1 is 1.53 bits per heavy atom. The van der Waals surface area contributed by atoms with E-state index in [-0.39, 0.29) is 5.78 Å². The lowest BCUT2D eigenvalue weighted by molar-refractivity contribution is 0.100. The van der Waals surface area contributed by atoms with Gasteiger partial charge in [0.2, 0.25) is 0 Å². The Kier molecular flexibility index (Phi) is 4.03. The average Bonchev–Trinajstić information content (AvgIpc) is 2.19. The minimum Gasteiger partial charge on any atom is -0.493 e. The van der Waals surface area contributed by atoms with E-state index >= 15 is 0 Å². The van der Waals surface area contributed by atoms with E-state index in [9.17, 15) is 9.59 Å². The predicted octanol–water partition coefficient (Wildman–Crippen LogP) is 2.86. The van der Waals surface area contributed by atoms with E-state index in [0.717, 1.165) is 0 Å². The normalized spacial score (nSPS) is 9.80. The number of hydrogen-bond donors (Lipinski definition) is 0. The minimum absolute atomic E-state index is 0.162. The highest BCUT2D eigenvalue weighted by Gasteiger charge is 2.15. The lowest BCUT2D eigenvalue weighted by atomic mass is 10.0. The van der Waals surface area contributed by atoms with Gasteiger partial charge in [0.15, 0.2) is 12.1 Å². The molecule has 0 fully saturated rings. The largest absolute Gasteiger partial charge is 0.493 e. The summed E-state index contributed by atoms with van der Waals surface area (Å²) >= 11 is 3.24. The first-order valence-electron chi connectivity index (χ1n) is 4.53. The third kappa shape index (κ3) is 2.45. The third-order valence-corrected chi connectivity index (χ3v) is 2.59. The molecule has 0 saturated carbocycles. The van der Waals surface area contributed by atoms with E-state index in [4.69, 9.17) is 4.74 Å². The molecule has 0 radical (unpaired) electrons. The number of ketones is 1. The predicted molar refractivity (Wildman–Crippen MR) is 60.7 cm³/mol. The summed E-state index contributed by atoms with van der Waals surface area (Å²) in [5.41, 5.74) is 0.676. The third-order valence-electron chi connectivity index (χ3n) is 1.92. The van der Waals surface area contributed by atoms with Crippen LogP contribution in [0, 0.1) is 0 Å². The molecule has 4 heteroatoms. The van der Waals surface area contributed by atoms with Crippen LogP contribution < -0.4 is 4.74 Å². The number of rotatable bonds is 4. The van der Waals surface area contributed by atoms with Crippen LogP contribution in [0.1, 0.15) is 34.6 Å². The number of aldehydes is 1. The quantitative estimate of drug-likeness (QED) is 0.624. The van der Waals surface area contributed by atoms with E-state index in [1.807, 2.05) is 6.92 Å². The molecule has 0 amide bonds. The van der Waals surface area contributed by atoms with Crippen LogP contribution in [-0.4, -0.2) is 18.7 Å². The second-order valence-corrected chi connectivity index (χ2v) is 3.80. The average molecular weight is 271 g/mol. The monoisotopic (exact) mass is 270 g/mol. The topological polar surface area (TPSA) is 43.4 Å². The smallest absolute Gasteiger partial charge is 0.161 e. The zero-order valence-electron chi connectivity index (χ0n) is 8.54. The molecule has 0 saturated heterocycles. The van der Waals surface area contributed by atoms with Crippen molar-refractivity contribution in [2.75, 3.05) is 6.61 Å². The lowest BCUT2D eigenvalue weighted by Crippen LogP contribution is -2.04. The molecule has 0 spiro atoms. The van der Waals surface area contributed by atoms with Gasteiger partial charge in [-0.1, -0.05) is 15.9 Å². The fourth-order valence-corrected chi connectivity index (χ4v) is 1.95. The van der Waals surface area contributed by atoms with Gasteiger partial charge in [-0.25, -0.2) is 0 Å². The number of halogens is 1. The second kappa shape index (κ2) is 5.07. The summed E-state index contributed by atoms with van der Waals surface area (Å²) in [6.45, 7) is 3.70. The zero-order valence-corrected chi connectivity index (χ0v) is 10.1. The summed E-state index contributed by atoms with van der Waals surface area (Å²) in [5, 5.41) is 0. The molecule has 1 rings (SSSR count). The Balaban J connectivity index is 3.40. The van der Waals surface area contributed by atoms with Gasteiger partial charge >= 0.3 is 0 Å². The molecule has 0 aromatic heterocycles. The molecular formula is C11H11BrO3. The van der Waals surface area contributed by atoms with Crippen molar-refractivity contribution in [1.29, 1.82) is 0 Å². The molecule has 80 valence electrons. The first-order valence-corrected chi connectivity index (χ1v) is 5.32. The fourth-order valence-electron chi connectivity index (χ4n) is 1.33. The molecule has 0 aliphatic heterocycles. The summed E-state index contributed by atoms with van der Waals surface area (Å²) in [7, 11) is 0. The first kappa shape index (κ1) is 11.9. The summed E-state index contributed by atoms with van der Waals surface area (Å²) in [6, 6.07) is 3.37. The van der Waals surface area contributed by atoms with Crippen LogP contribution >= 0.6 is 15.9 Å². The van der Waals surface area contributed by atoms with Crippen LogP contribution in [0.5, 0.6) is 5.75 Å². The second-order valence-electron chi connectivity index (χ2n) is 2.94. The number of ether oxygens (including phenoxy) is 1. The van der Waals surface area contributed by atoms with Gasteiger partial charge in [-0.05, 0) is 26.0 Å². The molecule has 0 aliphatic rings. The number of Topliss-reactive ketones (excluding diaryl/α,β-unsaturated/α-hetero) is 1. The molecule has 15 heavy (non-hydrogen) atoms. The van der Waals surface area contributed by atoms with Gasteiger partial charge in [-0.3, -0.25) is 9.59 Å². The highest BCUT2D eigenvalue weighted by molar-refractivity contribution is 9.10. The molecule has 0 bridgehead atoms. The van der Waals surface area contributed by atoms with E-state index in [1.165, 1.54) is 6.92 Å². The van der Waals surface area contributed by atoms with Gasteiger partial charge in [-0.2, -0.15) is 0 Å². The van der Waals surface area contributed by atoms with Crippen molar-refractivity contribution in [2.45, 2.75) is 13.8 Å². The van der Waals surface area contributed by atoms with E-state index < -0.39 is 0 Å². The van der Waals surface area contributed by atoms with Crippen molar-refractivity contribution in [2.24, 2.45) is 0 Å². The van der Waals surface area contributed by atoms with Crippen molar-refractivity contribution in [3.05, 3.63) is 27.7 Å².